The summed E-state index contributed by atoms with van der Waals surface area (Å²) >= 11 is 0. The number of urea groups is 1. The Kier molecular flexibility index (Phi) is 8.27. The number of nitrogens with zero attached hydrogens (tertiary/aromatic N) is 1. The van der Waals surface area contributed by atoms with E-state index in [9.17, 15) is 14.4 Å². The molecule has 0 saturated carbocycles. The number of benzene rings is 3. The fourth-order valence-electron chi connectivity index (χ4n) is 3.80. The van der Waals surface area contributed by atoms with Gasteiger partial charge in [0.2, 0.25) is 0 Å². The van der Waals surface area contributed by atoms with Gasteiger partial charge in [-0.15, -0.1) is 0 Å². The maximum atomic E-state index is 13.1. The predicted molar refractivity (Wildman–Crippen MR) is 142 cm³/mol. The highest BCUT2D eigenvalue weighted by Gasteiger charge is 2.36. The monoisotopic (exact) mass is 516 g/mol. The summed E-state index contributed by atoms with van der Waals surface area (Å²) in [6, 6.07) is 18.4. The largest absolute Gasteiger partial charge is 0.493 e. The summed E-state index contributed by atoms with van der Waals surface area (Å²) in [6.07, 6.45) is 1.42. The van der Waals surface area contributed by atoms with Crippen LogP contribution in [0.5, 0.6) is 23.0 Å². The Balaban J connectivity index is 1.50. The first-order valence-electron chi connectivity index (χ1n) is 12.0. The van der Waals surface area contributed by atoms with Gasteiger partial charge < -0.3 is 18.9 Å². The lowest BCUT2D eigenvalue weighted by molar-refractivity contribution is -0.122. The summed E-state index contributed by atoms with van der Waals surface area (Å²) in [5.74, 6) is 0.676. The maximum Gasteiger partial charge on any atom is 0.335 e. The molecule has 0 atom stereocenters. The molecule has 0 spiro atoms. The number of rotatable bonds is 10. The average molecular weight is 517 g/mol. The minimum Gasteiger partial charge on any atom is -0.493 e. The number of carbonyl (C=O) groups excluding carboxylic acids is 3. The summed E-state index contributed by atoms with van der Waals surface area (Å²) in [5.41, 5.74) is 1.70. The molecule has 4 rings (SSSR count). The quantitative estimate of drug-likeness (QED) is 0.240. The summed E-state index contributed by atoms with van der Waals surface area (Å²) in [5, 5.41) is 2.23. The molecule has 0 aliphatic carbocycles. The van der Waals surface area contributed by atoms with E-state index >= 15 is 0 Å². The molecule has 1 fully saturated rings. The number of barbiturate groups is 1. The van der Waals surface area contributed by atoms with Gasteiger partial charge in [-0.1, -0.05) is 35.9 Å². The van der Waals surface area contributed by atoms with Gasteiger partial charge in [0.15, 0.2) is 23.0 Å². The third-order valence-corrected chi connectivity index (χ3v) is 5.64. The van der Waals surface area contributed by atoms with Gasteiger partial charge in [0, 0.05) is 0 Å². The van der Waals surface area contributed by atoms with Crippen LogP contribution in [0.15, 0.2) is 72.3 Å². The topological polar surface area (TPSA) is 103 Å². The summed E-state index contributed by atoms with van der Waals surface area (Å²) in [6.45, 7) is 4.63. The molecule has 0 bridgehead atoms. The van der Waals surface area contributed by atoms with Crippen molar-refractivity contribution >= 4 is 29.6 Å². The zero-order chi connectivity index (χ0) is 27.1. The van der Waals surface area contributed by atoms with E-state index < -0.39 is 17.8 Å². The molecule has 3 aromatic carbocycles. The van der Waals surface area contributed by atoms with Crippen LogP contribution < -0.4 is 29.2 Å². The van der Waals surface area contributed by atoms with Crippen molar-refractivity contribution in [1.82, 2.24) is 5.32 Å². The zero-order valence-corrected chi connectivity index (χ0v) is 21.4. The molecule has 1 aliphatic rings. The highest BCUT2D eigenvalue weighted by molar-refractivity contribution is 6.39. The van der Waals surface area contributed by atoms with Crippen molar-refractivity contribution in [2.24, 2.45) is 0 Å². The summed E-state index contributed by atoms with van der Waals surface area (Å²) < 4.78 is 22.6. The van der Waals surface area contributed by atoms with Crippen molar-refractivity contribution < 1.29 is 33.3 Å². The van der Waals surface area contributed by atoms with E-state index in [0.717, 1.165) is 10.5 Å². The molecule has 196 valence electrons. The van der Waals surface area contributed by atoms with Crippen molar-refractivity contribution in [1.29, 1.82) is 0 Å². The predicted octanol–water partition coefficient (Wildman–Crippen LogP) is 4.53. The van der Waals surface area contributed by atoms with Crippen LogP contribution in [0.4, 0.5) is 10.5 Å². The molecule has 0 unspecified atom stereocenters. The molecular formula is C29H28N2O7. The molecule has 1 heterocycles. The number of anilines is 1. The molecule has 4 amide bonds. The number of carbonyl (C=O) groups is 3. The first-order chi connectivity index (χ1) is 18.4. The second-order valence-corrected chi connectivity index (χ2v) is 8.28. The highest BCUT2D eigenvalue weighted by Crippen LogP contribution is 2.31. The minimum absolute atomic E-state index is 0.175. The molecule has 0 radical (unpaired) electrons. The van der Waals surface area contributed by atoms with Crippen molar-refractivity contribution in [2.45, 2.75) is 13.8 Å². The molecule has 1 saturated heterocycles. The smallest absolute Gasteiger partial charge is 0.335 e. The molecule has 0 aromatic heterocycles. The number of methoxy groups -OCH3 is 1. The number of ether oxygens (including phenoxy) is 4. The average Bonchev–Trinajstić information content (AvgIpc) is 2.91. The van der Waals surface area contributed by atoms with Gasteiger partial charge in [-0.3, -0.25) is 14.9 Å². The van der Waals surface area contributed by atoms with E-state index in [2.05, 4.69) is 5.32 Å². The van der Waals surface area contributed by atoms with Crippen LogP contribution in [0.3, 0.4) is 0 Å². The number of nitrogens with one attached hydrogen (secondary N) is 1. The van der Waals surface area contributed by atoms with Crippen molar-refractivity contribution in [3.63, 3.8) is 0 Å². The Hall–Kier alpha value is -4.79. The number of aryl methyl sites for hydroxylation is 1. The van der Waals surface area contributed by atoms with Crippen molar-refractivity contribution in [2.75, 3.05) is 31.8 Å². The third-order valence-electron chi connectivity index (χ3n) is 5.64. The number of hydrogen-bond donors (Lipinski definition) is 1. The molecule has 9 heteroatoms. The first kappa shape index (κ1) is 26.3. The lowest BCUT2D eigenvalue weighted by Crippen LogP contribution is -2.54. The molecule has 3 aromatic rings. The maximum absolute atomic E-state index is 13.1. The molecule has 1 aliphatic heterocycles. The highest BCUT2D eigenvalue weighted by atomic mass is 16.5. The summed E-state index contributed by atoms with van der Waals surface area (Å²) in [4.78, 5) is 39.1. The van der Waals surface area contributed by atoms with Crippen LogP contribution in [-0.2, 0) is 9.59 Å². The molecular weight excluding hydrogens is 488 g/mol. The van der Waals surface area contributed by atoms with Gasteiger partial charge in [0.05, 0.1) is 19.4 Å². The molecule has 9 nitrogen and oxygen atoms in total. The number of imide groups is 2. The van der Waals surface area contributed by atoms with Crippen molar-refractivity contribution in [3.05, 3.63) is 83.4 Å². The van der Waals surface area contributed by atoms with Gasteiger partial charge in [-0.05, 0) is 61.9 Å². The minimum atomic E-state index is -0.796. The van der Waals surface area contributed by atoms with Crippen LogP contribution in [0, 0.1) is 6.92 Å². The van der Waals surface area contributed by atoms with Crippen LogP contribution >= 0.6 is 0 Å². The van der Waals surface area contributed by atoms with Gasteiger partial charge in [-0.2, -0.15) is 0 Å². The molecule has 38 heavy (non-hydrogen) atoms. The lowest BCUT2D eigenvalue weighted by atomic mass is 10.1. The van der Waals surface area contributed by atoms with E-state index in [1.807, 2.05) is 38.1 Å². The van der Waals surface area contributed by atoms with Gasteiger partial charge in [0.25, 0.3) is 11.8 Å². The Morgan fingerprint density at radius 2 is 1.47 bits per heavy atom. The van der Waals surface area contributed by atoms with Crippen LogP contribution in [0.2, 0.25) is 0 Å². The van der Waals surface area contributed by atoms with Gasteiger partial charge in [0.1, 0.15) is 18.8 Å². The fraction of sp³-hybridized carbons (Fsp3) is 0.207. The zero-order valence-electron chi connectivity index (χ0n) is 21.4. The number of hydrogen-bond acceptors (Lipinski definition) is 7. The standard InChI is InChI=1S/C29H28N2O7/c1-4-36-26-18-20(11-14-25(26)38-16-15-37-24-8-6-5-7-23(24)35-3)17-22-27(32)30-29(34)31(28(22)33)21-12-9-19(2)10-13-21/h5-14,17-18H,4,15-16H2,1-3H3,(H,30,32,34). The Bertz CT molecular complexity index is 1370. The molecule has 1 N–H and O–H groups in total. The van der Waals surface area contributed by atoms with Crippen LogP contribution in [-0.4, -0.2) is 44.8 Å². The Morgan fingerprint density at radius 1 is 0.816 bits per heavy atom. The summed E-state index contributed by atoms with van der Waals surface area (Å²) in [7, 11) is 1.58. The van der Waals surface area contributed by atoms with Gasteiger partial charge >= 0.3 is 6.03 Å². The van der Waals surface area contributed by atoms with E-state index in [-0.39, 0.29) is 18.8 Å². The normalized spacial score (nSPS) is 14.3. The second kappa shape index (κ2) is 12.0. The van der Waals surface area contributed by atoms with E-state index in [1.54, 1.807) is 49.6 Å². The lowest BCUT2D eigenvalue weighted by Gasteiger charge is -2.26. The number of amides is 4. The van der Waals surface area contributed by atoms with E-state index in [4.69, 9.17) is 18.9 Å². The number of para-hydroxylation sites is 2. The van der Waals surface area contributed by atoms with Crippen molar-refractivity contribution in [3.8, 4) is 23.0 Å². The third kappa shape index (κ3) is 5.95. The Morgan fingerprint density at radius 3 is 2.13 bits per heavy atom. The van der Waals surface area contributed by atoms with Gasteiger partial charge in [-0.25, -0.2) is 9.69 Å². The Labute approximate surface area is 220 Å². The fourth-order valence-corrected chi connectivity index (χ4v) is 3.80. The van der Waals surface area contributed by atoms with E-state index in [1.165, 1.54) is 6.08 Å². The first-order valence-corrected chi connectivity index (χ1v) is 12.0. The van der Waals surface area contributed by atoms with Crippen LogP contribution in [0.25, 0.3) is 6.08 Å². The van der Waals surface area contributed by atoms with Crippen LogP contribution in [0.1, 0.15) is 18.1 Å². The SMILES string of the molecule is CCOc1cc(C=C2C(=O)NC(=O)N(c3ccc(C)cc3)C2=O)ccc1OCCOc1ccccc1OC. The van der Waals surface area contributed by atoms with E-state index in [0.29, 0.717) is 40.9 Å². The second-order valence-electron chi connectivity index (χ2n) is 8.28.